The van der Waals surface area contributed by atoms with Crippen LogP contribution in [0.1, 0.15) is 17.5 Å². The minimum atomic E-state index is -3.61. The summed E-state index contributed by atoms with van der Waals surface area (Å²) in [6.45, 7) is 4.23. The van der Waals surface area contributed by atoms with Gasteiger partial charge >= 0.3 is 7.82 Å². The Morgan fingerprint density at radius 2 is 1.23 bits per heavy atom. The van der Waals surface area contributed by atoms with Gasteiger partial charge in [-0.2, -0.15) is 0 Å². The second-order valence-electron chi connectivity index (χ2n) is 4.65. The first-order valence-electron chi connectivity index (χ1n) is 7.12. The molecule has 0 heterocycles. The highest BCUT2D eigenvalue weighted by Crippen LogP contribution is 2.50. The number of phosphoric acid groups is 1. The first-order chi connectivity index (χ1) is 10.7. The molecule has 22 heavy (non-hydrogen) atoms. The lowest BCUT2D eigenvalue weighted by Crippen LogP contribution is -2.02. The van der Waals surface area contributed by atoms with Gasteiger partial charge in [0.2, 0.25) is 0 Å². The van der Waals surface area contributed by atoms with Gasteiger partial charge in [0.15, 0.2) is 0 Å². The van der Waals surface area contributed by atoms with Gasteiger partial charge < -0.3 is 0 Å². The molecule has 2 aromatic carbocycles. The average molecular weight is 319 g/mol. The molecule has 4 nitrogen and oxygen atoms in total. The van der Waals surface area contributed by atoms with E-state index in [0.717, 1.165) is 11.1 Å². The van der Waals surface area contributed by atoms with Crippen molar-refractivity contribution in [2.24, 2.45) is 0 Å². The normalized spacial score (nSPS) is 11.5. The van der Waals surface area contributed by atoms with Crippen LogP contribution < -0.4 is 0 Å². The van der Waals surface area contributed by atoms with E-state index in [9.17, 15) is 4.57 Å². The van der Waals surface area contributed by atoms with Gasteiger partial charge in [-0.3, -0.25) is 13.6 Å². The van der Waals surface area contributed by atoms with E-state index < -0.39 is 7.82 Å². The monoisotopic (exact) mass is 319 g/mol. The Morgan fingerprint density at radius 1 is 0.773 bits per heavy atom. The van der Waals surface area contributed by atoms with E-state index in [1.54, 1.807) is 0 Å². The van der Waals surface area contributed by atoms with Crippen LogP contribution in [0.25, 0.3) is 0 Å². The molecule has 0 saturated heterocycles. The first kappa shape index (κ1) is 16.9. The minimum Gasteiger partial charge on any atom is -0.287 e. The lowest BCUT2D eigenvalue weighted by atomic mass is 10.2. The summed E-state index contributed by atoms with van der Waals surface area (Å²) in [4.78, 5) is 0. The van der Waals surface area contributed by atoms with E-state index in [2.05, 4.69) is 6.92 Å². The highest BCUT2D eigenvalue weighted by Gasteiger charge is 2.26. The van der Waals surface area contributed by atoms with Crippen LogP contribution in [-0.4, -0.2) is 6.61 Å². The SMILES string of the molecule is [CH2]CCOP(=O)(OCc1ccccc1)OCc1ccccc1. The van der Waals surface area contributed by atoms with E-state index in [-0.39, 0.29) is 19.8 Å². The Labute approximate surface area is 131 Å². The van der Waals surface area contributed by atoms with Gasteiger partial charge in [0.05, 0.1) is 19.8 Å². The molecule has 0 fully saturated rings. The zero-order valence-corrected chi connectivity index (χ0v) is 13.3. The Balaban J connectivity index is 1.95. The Bertz CT molecular complexity index is 539. The van der Waals surface area contributed by atoms with Crippen molar-refractivity contribution >= 4 is 7.82 Å². The molecule has 0 bridgehead atoms. The quantitative estimate of drug-likeness (QED) is 0.625. The van der Waals surface area contributed by atoms with Crippen molar-refractivity contribution in [2.75, 3.05) is 6.61 Å². The zero-order chi connectivity index (χ0) is 15.7. The minimum absolute atomic E-state index is 0.171. The summed E-state index contributed by atoms with van der Waals surface area (Å²) in [5, 5.41) is 0. The van der Waals surface area contributed by atoms with Crippen molar-refractivity contribution in [1.29, 1.82) is 0 Å². The lowest BCUT2D eigenvalue weighted by molar-refractivity contribution is 0.104. The van der Waals surface area contributed by atoms with E-state index in [1.807, 2.05) is 60.7 Å². The van der Waals surface area contributed by atoms with Crippen LogP contribution in [0.3, 0.4) is 0 Å². The third-order valence-electron chi connectivity index (χ3n) is 2.86. The molecular formula is C17H20O4P. The number of hydrogen-bond donors (Lipinski definition) is 0. The zero-order valence-electron chi connectivity index (χ0n) is 12.4. The molecule has 2 aromatic rings. The fraction of sp³-hybridized carbons (Fsp3) is 0.235. The summed E-state index contributed by atoms with van der Waals surface area (Å²) in [5.41, 5.74) is 1.81. The van der Waals surface area contributed by atoms with Gasteiger partial charge in [-0.25, -0.2) is 4.57 Å². The molecule has 1 radical (unpaired) electrons. The number of hydrogen-bond acceptors (Lipinski definition) is 4. The fourth-order valence-electron chi connectivity index (χ4n) is 1.74. The summed E-state index contributed by atoms with van der Waals surface area (Å²) < 4.78 is 28.7. The van der Waals surface area contributed by atoms with Crippen LogP contribution in [0.5, 0.6) is 0 Å². The van der Waals surface area contributed by atoms with Crippen molar-refractivity contribution in [1.82, 2.24) is 0 Å². The Hall–Kier alpha value is -1.45. The van der Waals surface area contributed by atoms with Gasteiger partial charge in [-0.1, -0.05) is 67.6 Å². The van der Waals surface area contributed by atoms with E-state index in [0.29, 0.717) is 6.42 Å². The fourth-order valence-corrected chi connectivity index (χ4v) is 2.93. The summed E-state index contributed by atoms with van der Waals surface area (Å²) in [7, 11) is -3.61. The third-order valence-corrected chi connectivity index (χ3v) is 4.25. The summed E-state index contributed by atoms with van der Waals surface area (Å²) in [5.74, 6) is 0. The topological polar surface area (TPSA) is 44.8 Å². The maximum Gasteiger partial charge on any atom is 0.475 e. The van der Waals surface area contributed by atoms with Crippen LogP contribution in [0.4, 0.5) is 0 Å². The predicted molar refractivity (Wildman–Crippen MR) is 86.0 cm³/mol. The predicted octanol–water partition coefficient (Wildman–Crippen LogP) is 4.77. The molecule has 117 valence electrons. The molecule has 2 rings (SSSR count). The highest BCUT2D eigenvalue weighted by molar-refractivity contribution is 7.48. The van der Waals surface area contributed by atoms with Crippen molar-refractivity contribution in [2.45, 2.75) is 19.6 Å². The van der Waals surface area contributed by atoms with Gasteiger partial charge in [-0.15, -0.1) is 0 Å². The van der Waals surface area contributed by atoms with Crippen LogP contribution >= 0.6 is 7.82 Å². The number of phosphoric ester groups is 1. The van der Waals surface area contributed by atoms with Crippen LogP contribution in [0.15, 0.2) is 60.7 Å². The van der Waals surface area contributed by atoms with Gasteiger partial charge in [0.1, 0.15) is 0 Å². The molecule has 0 atom stereocenters. The smallest absolute Gasteiger partial charge is 0.287 e. The van der Waals surface area contributed by atoms with Gasteiger partial charge in [0.25, 0.3) is 0 Å². The van der Waals surface area contributed by atoms with Crippen molar-refractivity contribution in [3.05, 3.63) is 78.7 Å². The number of benzene rings is 2. The summed E-state index contributed by atoms with van der Waals surface area (Å²) in [6, 6.07) is 19.0. The molecule has 0 amide bonds. The maximum atomic E-state index is 12.6. The number of rotatable bonds is 9. The van der Waals surface area contributed by atoms with E-state index in [1.165, 1.54) is 0 Å². The molecule has 0 aliphatic rings. The highest BCUT2D eigenvalue weighted by atomic mass is 31.2. The summed E-state index contributed by atoms with van der Waals surface area (Å²) >= 11 is 0. The largest absolute Gasteiger partial charge is 0.475 e. The molecular weight excluding hydrogens is 299 g/mol. The third kappa shape index (κ3) is 5.74. The van der Waals surface area contributed by atoms with Crippen LogP contribution in [0.2, 0.25) is 0 Å². The molecule has 0 aromatic heterocycles. The standard InChI is InChI=1S/C17H20O4P/c1-2-13-19-22(18,20-14-16-9-5-3-6-10-16)21-15-17-11-7-4-8-12-17/h3-12H,1-2,13-15H2. The maximum absolute atomic E-state index is 12.6. The van der Waals surface area contributed by atoms with Crippen molar-refractivity contribution < 1.29 is 18.1 Å². The van der Waals surface area contributed by atoms with E-state index in [4.69, 9.17) is 13.6 Å². The van der Waals surface area contributed by atoms with Crippen molar-refractivity contribution in [3.8, 4) is 0 Å². The van der Waals surface area contributed by atoms with E-state index >= 15 is 0 Å². The molecule has 0 spiro atoms. The molecule has 5 heteroatoms. The van der Waals surface area contributed by atoms with Crippen molar-refractivity contribution in [3.63, 3.8) is 0 Å². The second-order valence-corrected chi connectivity index (χ2v) is 6.32. The van der Waals surface area contributed by atoms with Gasteiger partial charge in [0, 0.05) is 0 Å². The Morgan fingerprint density at radius 3 is 1.64 bits per heavy atom. The molecule has 0 aliphatic carbocycles. The molecule has 0 unspecified atom stereocenters. The van der Waals surface area contributed by atoms with Gasteiger partial charge in [-0.05, 0) is 17.5 Å². The Kier molecular flexibility index (Phi) is 6.81. The second kappa shape index (κ2) is 8.86. The molecule has 0 aliphatic heterocycles. The lowest BCUT2D eigenvalue weighted by Gasteiger charge is -2.18. The molecule has 0 N–H and O–H groups in total. The van der Waals surface area contributed by atoms with Crippen LogP contribution in [0, 0.1) is 6.92 Å². The average Bonchev–Trinajstić information content (AvgIpc) is 2.59. The summed E-state index contributed by atoms with van der Waals surface area (Å²) in [6.07, 6.45) is 0.493. The first-order valence-corrected chi connectivity index (χ1v) is 8.59. The van der Waals surface area contributed by atoms with Crippen LogP contribution in [-0.2, 0) is 31.4 Å². The molecule has 0 saturated carbocycles.